The molecule has 0 unspecified atom stereocenters. The number of benzene rings is 1. The Morgan fingerprint density at radius 2 is 1.90 bits per heavy atom. The molecule has 0 atom stereocenters. The highest BCUT2D eigenvalue weighted by Gasteiger charge is 2.41. The average Bonchev–Trinajstić information content (AvgIpc) is 2.55. The lowest BCUT2D eigenvalue weighted by molar-refractivity contribution is 0.0876. The van der Waals surface area contributed by atoms with E-state index in [4.69, 9.17) is 5.73 Å². The van der Waals surface area contributed by atoms with Crippen LogP contribution in [0.25, 0.3) is 0 Å². The van der Waals surface area contributed by atoms with Crippen molar-refractivity contribution < 1.29 is 21.6 Å². The zero-order valence-electron chi connectivity index (χ0n) is 11.6. The quantitative estimate of drug-likeness (QED) is 0.790. The van der Waals surface area contributed by atoms with Gasteiger partial charge >= 0.3 is 0 Å². The molecule has 1 amide bonds. The maximum absolute atomic E-state index is 12.3. The van der Waals surface area contributed by atoms with E-state index in [-0.39, 0.29) is 16.1 Å². The molecule has 1 aliphatic heterocycles. The van der Waals surface area contributed by atoms with E-state index in [9.17, 15) is 21.6 Å². The molecule has 0 saturated carbocycles. The minimum Gasteiger partial charge on any atom is -0.399 e. The van der Waals surface area contributed by atoms with E-state index in [2.05, 4.69) is 0 Å². The van der Waals surface area contributed by atoms with Crippen molar-refractivity contribution in [2.75, 3.05) is 18.0 Å². The number of rotatable bonds is 4. The van der Waals surface area contributed by atoms with Gasteiger partial charge in [-0.2, -0.15) is 0 Å². The van der Waals surface area contributed by atoms with Gasteiger partial charge in [-0.25, -0.2) is 21.1 Å². The number of nitrogen functional groups attached to an aromatic ring is 1. The van der Waals surface area contributed by atoms with Crippen LogP contribution in [-0.4, -0.2) is 44.6 Å². The summed E-state index contributed by atoms with van der Waals surface area (Å²) in [6, 6.07) is 3.97. The van der Waals surface area contributed by atoms with E-state index in [1.54, 1.807) is 0 Å². The average molecular weight is 332 g/mol. The first-order valence-corrected chi connectivity index (χ1v) is 9.41. The number of hydrogen-bond acceptors (Lipinski definition) is 6. The molecule has 9 heteroatoms. The Bertz CT molecular complexity index is 797. The third kappa shape index (κ3) is 2.62. The topological polar surface area (TPSA) is 115 Å². The predicted molar refractivity (Wildman–Crippen MR) is 78.0 cm³/mol. The number of carbonyl (C=O) groups is 1. The molecular formula is C12H16N2O5S2. The Hall–Kier alpha value is -1.61. The molecule has 1 aliphatic rings. The van der Waals surface area contributed by atoms with Crippen molar-refractivity contribution >= 4 is 31.5 Å². The van der Waals surface area contributed by atoms with E-state index >= 15 is 0 Å². The number of fused-ring (bicyclic) bond motifs is 1. The summed E-state index contributed by atoms with van der Waals surface area (Å²) in [5.74, 6) is -1.12. The highest BCUT2D eigenvalue weighted by atomic mass is 32.2. The van der Waals surface area contributed by atoms with Gasteiger partial charge in [0.25, 0.3) is 15.9 Å². The number of anilines is 1. The van der Waals surface area contributed by atoms with Crippen molar-refractivity contribution in [2.24, 2.45) is 0 Å². The number of carbonyl (C=O) groups excluding carboxylic acids is 1. The molecular weight excluding hydrogens is 316 g/mol. The van der Waals surface area contributed by atoms with Gasteiger partial charge in [-0.3, -0.25) is 4.79 Å². The van der Waals surface area contributed by atoms with Crippen LogP contribution < -0.4 is 5.73 Å². The first kappa shape index (κ1) is 15.8. The number of nitrogens with zero attached hydrogens (tertiary/aromatic N) is 1. The van der Waals surface area contributed by atoms with Crippen molar-refractivity contribution in [3.63, 3.8) is 0 Å². The van der Waals surface area contributed by atoms with Crippen LogP contribution in [0.15, 0.2) is 23.1 Å². The van der Waals surface area contributed by atoms with Gasteiger partial charge in [0.15, 0.2) is 9.84 Å². The zero-order chi connectivity index (χ0) is 16.0. The Morgan fingerprint density at radius 1 is 1.29 bits per heavy atom. The monoisotopic (exact) mass is 332 g/mol. The van der Waals surface area contributed by atoms with Gasteiger partial charge in [0.1, 0.15) is 4.90 Å². The minimum absolute atomic E-state index is 0.0196. The zero-order valence-corrected chi connectivity index (χ0v) is 13.2. The third-order valence-corrected chi connectivity index (χ3v) is 7.34. The molecule has 1 heterocycles. The molecule has 0 bridgehead atoms. The molecule has 0 aliphatic carbocycles. The van der Waals surface area contributed by atoms with Crippen molar-refractivity contribution in [3.05, 3.63) is 23.8 Å². The number of amides is 1. The van der Waals surface area contributed by atoms with Crippen LogP contribution in [0.5, 0.6) is 0 Å². The highest BCUT2D eigenvalue weighted by Crippen LogP contribution is 2.31. The van der Waals surface area contributed by atoms with Gasteiger partial charge in [-0.05, 0) is 32.0 Å². The molecule has 21 heavy (non-hydrogen) atoms. The molecule has 0 spiro atoms. The van der Waals surface area contributed by atoms with Crippen LogP contribution in [0.4, 0.5) is 5.69 Å². The Labute approximate surface area is 123 Å². The standard InChI is InChI=1S/C12H16N2O5S2/c1-8(2)20(16,17)6-5-14-12(15)10-4-3-9(13)7-11(10)21(14,18)19/h3-4,7-8H,5-6,13H2,1-2H3. The molecule has 1 aromatic rings. The van der Waals surface area contributed by atoms with Crippen molar-refractivity contribution in [2.45, 2.75) is 24.0 Å². The van der Waals surface area contributed by atoms with E-state index < -0.39 is 43.3 Å². The summed E-state index contributed by atoms with van der Waals surface area (Å²) >= 11 is 0. The highest BCUT2D eigenvalue weighted by molar-refractivity contribution is 7.92. The summed E-state index contributed by atoms with van der Waals surface area (Å²) in [5.41, 5.74) is 5.78. The van der Waals surface area contributed by atoms with Crippen LogP contribution in [0.3, 0.4) is 0 Å². The SMILES string of the molecule is CC(C)S(=O)(=O)CCN1C(=O)c2ccc(N)cc2S1(=O)=O. The molecule has 2 N–H and O–H groups in total. The van der Waals surface area contributed by atoms with Gasteiger partial charge < -0.3 is 5.73 Å². The minimum atomic E-state index is -4.03. The molecule has 0 fully saturated rings. The van der Waals surface area contributed by atoms with E-state index in [0.29, 0.717) is 4.31 Å². The van der Waals surface area contributed by atoms with Crippen molar-refractivity contribution in [3.8, 4) is 0 Å². The molecule has 7 nitrogen and oxygen atoms in total. The van der Waals surface area contributed by atoms with Crippen LogP contribution >= 0.6 is 0 Å². The fourth-order valence-corrected chi connectivity index (χ4v) is 4.59. The number of sulfone groups is 1. The van der Waals surface area contributed by atoms with Gasteiger partial charge in [0.05, 0.1) is 23.1 Å². The maximum Gasteiger partial charge on any atom is 0.269 e. The van der Waals surface area contributed by atoms with Gasteiger partial charge in [0, 0.05) is 5.69 Å². The molecule has 1 aromatic carbocycles. The van der Waals surface area contributed by atoms with Crippen LogP contribution in [0.1, 0.15) is 24.2 Å². The first-order chi connectivity index (χ1) is 9.57. The number of hydrogen-bond donors (Lipinski definition) is 1. The summed E-state index contributed by atoms with van der Waals surface area (Å²) in [5, 5.41) is -0.629. The van der Waals surface area contributed by atoms with Gasteiger partial charge in [0.2, 0.25) is 0 Å². The van der Waals surface area contributed by atoms with Crippen LogP contribution in [0.2, 0.25) is 0 Å². The molecule has 0 aromatic heterocycles. The molecule has 0 radical (unpaired) electrons. The Balaban J connectivity index is 2.35. The second-order valence-electron chi connectivity index (χ2n) is 5.05. The van der Waals surface area contributed by atoms with Gasteiger partial charge in [-0.15, -0.1) is 0 Å². The normalized spacial score (nSPS) is 17.3. The van der Waals surface area contributed by atoms with E-state index in [0.717, 1.165) is 0 Å². The Morgan fingerprint density at radius 3 is 2.48 bits per heavy atom. The summed E-state index contributed by atoms with van der Waals surface area (Å²) < 4.78 is 48.7. The molecule has 116 valence electrons. The van der Waals surface area contributed by atoms with Crippen molar-refractivity contribution in [1.82, 2.24) is 4.31 Å². The lowest BCUT2D eigenvalue weighted by Crippen LogP contribution is -2.35. The maximum atomic E-state index is 12.3. The van der Waals surface area contributed by atoms with Crippen LogP contribution in [-0.2, 0) is 19.9 Å². The van der Waals surface area contributed by atoms with Crippen molar-refractivity contribution in [1.29, 1.82) is 0 Å². The smallest absolute Gasteiger partial charge is 0.269 e. The van der Waals surface area contributed by atoms with Gasteiger partial charge in [-0.1, -0.05) is 0 Å². The largest absolute Gasteiger partial charge is 0.399 e. The molecule has 2 rings (SSSR count). The number of nitrogens with two attached hydrogens (primary N) is 1. The second-order valence-corrected chi connectivity index (χ2v) is 9.56. The van der Waals surface area contributed by atoms with E-state index in [1.807, 2.05) is 0 Å². The lowest BCUT2D eigenvalue weighted by Gasteiger charge is -2.16. The summed E-state index contributed by atoms with van der Waals surface area (Å²) in [6.45, 7) is 2.62. The fraction of sp³-hybridized carbons (Fsp3) is 0.417. The first-order valence-electron chi connectivity index (χ1n) is 6.25. The summed E-state index contributed by atoms with van der Waals surface area (Å²) in [6.07, 6.45) is 0. The third-order valence-electron chi connectivity index (χ3n) is 3.33. The Kier molecular flexibility index (Phi) is 3.75. The summed E-state index contributed by atoms with van der Waals surface area (Å²) in [4.78, 5) is 11.9. The fourth-order valence-electron chi connectivity index (χ4n) is 1.96. The summed E-state index contributed by atoms with van der Waals surface area (Å²) in [7, 11) is -7.46. The lowest BCUT2D eigenvalue weighted by atomic mass is 10.2. The van der Waals surface area contributed by atoms with Crippen LogP contribution in [0, 0.1) is 0 Å². The second kappa shape index (κ2) is 4.99. The molecule has 0 saturated heterocycles. The number of sulfonamides is 1. The predicted octanol–water partition coefficient (Wildman–Crippen LogP) is 0.237. The van der Waals surface area contributed by atoms with E-state index in [1.165, 1.54) is 32.0 Å².